The summed E-state index contributed by atoms with van der Waals surface area (Å²) in [6.07, 6.45) is 7.00. The van der Waals surface area contributed by atoms with Gasteiger partial charge in [0, 0.05) is 51.1 Å². The van der Waals surface area contributed by atoms with Gasteiger partial charge in [-0.05, 0) is 62.9 Å². The largest absolute Gasteiger partial charge is 0.461 e. The second kappa shape index (κ2) is 11.4. The average Bonchev–Trinajstić information content (AvgIpc) is 3.56. The molecule has 0 N–H and O–H groups in total. The number of benzene rings is 1. The van der Waals surface area contributed by atoms with Gasteiger partial charge in [-0.15, -0.1) is 0 Å². The predicted molar refractivity (Wildman–Crippen MR) is 166 cm³/mol. The molecule has 232 valence electrons. The first-order valence-electron chi connectivity index (χ1n) is 16.1. The zero-order valence-electron chi connectivity index (χ0n) is 25.7. The van der Waals surface area contributed by atoms with E-state index < -0.39 is 6.17 Å². The summed E-state index contributed by atoms with van der Waals surface area (Å²) >= 11 is 0. The maximum absolute atomic E-state index is 14.5. The first kappa shape index (κ1) is 29.2. The lowest BCUT2D eigenvalue weighted by Crippen LogP contribution is -2.57. The second-order valence-electron chi connectivity index (χ2n) is 13.4. The van der Waals surface area contributed by atoms with Crippen molar-refractivity contribution in [2.24, 2.45) is 0 Å². The number of amides is 1. The van der Waals surface area contributed by atoms with Crippen molar-refractivity contribution in [2.75, 3.05) is 57.8 Å². The van der Waals surface area contributed by atoms with Gasteiger partial charge in [0.1, 0.15) is 24.6 Å². The van der Waals surface area contributed by atoms with E-state index in [4.69, 9.17) is 21.3 Å². The zero-order chi connectivity index (χ0) is 30.5. The molecule has 0 saturated carbocycles. The van der Waals surface area contributed by atoms with Crippen molar-refractivity contribution in [2.45, 2.75) is 74.8 Å². The molecule has 10 heteroatoms. The lowest BCUT2D eigenvalue weighted by molar-refractivity contribution is -0.128. The standard InChI is InChI=1S/C34H42FN7O2/c1-4-30(43)42-16-15-40(21-26(42)19-36-2)31-27-22-39(3)34(13-7-10-24-9-5-6-11-28(24)34)18-29(27)37-32(38-31)44-23-33-12-8-14-41(33)20-25(35)17-33/h4-6,9,11,25-26H,1,7-8,10,12-23H2,3H3/t25-,26+,33+,34?/m1/s1. The Morgan fingerprint density at radius 1 is 1.20 bits per heavy atom. The van der Waals surface area contributed by atoms with Crippen LogP contribution in [0.2, 0.25) is 0 Å². The van der Waals surface area contributed by atoms with E-state index in [1.54, 1.807) is 4.90 Å². The number of aromatic nitrogens is 2. The highest BCUT2D eigenvalue weighted by atomic mass is 19.1. The number of alkyl halides is 1. The third kappa shape index (κ3) is 4.85. The maximum Gasteiger partial charge on any atom is 0.318 e. The maximum atomic E-state index is 14.5. The molecule has 1 amide bonds. The van der Waals surface area contributed by atoms with Crippen molar-refractivity contribution in [3.8, 4) is 6.01 Å². The number of carbonyl (C=O) groups is 1. The molecule has 3 saturated heterocycles. The Balaban J connectivity index is 1.26. The SMILES string of the molecule is [C-]#[N+]C[C@H]1CN(c2nc(OC[C@@]34CCCN3C[C@H](F)C4)nc3c2CN(C)C2(CCCc4ccccc42)C3)CCN1C(=O)C=C. The molecular weight excluding hydrogens is 557 g/mol. The van der Waals surface area contributed by atoms with Crippen LogP contribution < -0.4 is 9.64 Å². The topological polar surface area (TPSA) is 69.4 Å². The summed E-state index contributed by atoms with van der Waals surface area (Å²) in [5.74, 6) is 0.680. The van der Waals surface area contributed by atoms with Crippen molar-refractivity contribution >= 4 is 11.7 Å². The van der Waals surface area contributed by atoms with Gasteiger partial charge in [-0.1, -0.05) is 30.8 Å². The van der Waals surface area contributed by atoms with Gasteiger partial charge >= 0.3 is 6.01 Å². The Morgan fingerprint density at radius 2 is 2.07 bits per heavy atom. The monoisotopic (exact) mass is 599 g/mol. The van der Waals surface area contributed by atoms with E-state index in [9.17, 15) is 9.18 Å². The molecule has 4 atom stereocenters. The van der Waals surface area contributed by atoms with Crippen LogP contribution >= 0.6 is 0 Å². The molecule has 4 aliphatic heterocycles. The van der Waals surface area contributed by atoms with Gasteiger partial charge in [-0.2, -0.15) is 9.97 Å². The fourth-order valence-electron chi connectivity index (χ4n) is 8.77. The van der Waals surface area contributed by atoms with Crippen LogP contribution in [0.25, 0.3) is 4.85 Å². The van der Waals surface area contributed by atoms with Gasteiger partial charge in [0.15, 0.2) is 0 Å². The third-order valence-corrected chi connectivity index (χ3v) is 11.0. The number of aryl methyl sites for hydroxylation is 1. The van der Waals surface area contributed by atoms with E-state index in [-0.39, 0.29) is 29.6 Å². The lowest BCUT2D eigenvalue weighted by atomic mass is 9.71. The third-order valence-electron chi connectivity index (χ3n) is 11.0. The number of hydrogen-bond donors (Lipinski definition) is 0. The smallest absolute Gasteiger partial charge is 0.318 e. The van der Waals surface area contributed by atoms with Crippen molar-refractivity contribution in [1.82, 2.24) is 24.7 Å². The summed E-state index contributed by atoms with van der Waals surface area (Å²) in [4.78, 5) is 35.1. The van der Waals surface area contributed by atoms with Crippen LogP contribution in [-0.2, 0) is 29.7 Å². The highest BCUT2D eigenvalue weighted by Crippen LogP contribution is 2.47. The van der Waals surface area contributed by atoms with Gasteiger partial charge in [0.05, 0.1) is 16.8 Å². The number of likely N-dealkylation sites (N-methyl/N-ethyl adjacent to an activating group) is 1. The van der Waals surface area contributed by atoms with Crippen molar-refractivity contribution in [3.63, 3.8) is 0 Å². The van der Waals surface area contributed by atoms with Gasteiger partial charge in [-0.3, -0.25) is 14.6 Å². The van der Waals surface area contributed by atoms with E-state index in [1.165, 1.54) is 17.2 Å². The molecular formula is C34H42FN7O2. The predicted octanol–water partition coefficient (Wildman–Crippen LogP) is 3.77. The van der Waals surface area contributed by atoms with Crippen LogP contribution in [0.3, 0.4) is 0 Å². The number of nitrogens with zero attached hydrogens (tertiary/aromatic N) is 7. The van der Waals surface area contributed by atoms with E-state index in [1.807, 2.05) is 0 Å². The molecule has 1 aromatic heterocycles. The molecule has 0 bridgehead atoms. The number of carbonyl (C=O) groups excluding carboxylic acids is 1. The zero-order valence-corrected chi connectivity index (χ0v) is 25.7. The fraction of sp³-hybridized carbons (Fsp3) is 0.588. The highest BCUT2D eigenvalue weighted by Gasteiger charge is 2.50. The van der Waals surface area contributed by atoms with Crippen LogP contribution in [0.4, 0.5) is 10.2 Å². The summed E-state index contributed by atoms with van der Waals surface area (Å²) < 4.78 is 21.0. The second-order valence-corrected chi connectivity index (χ2v) is 13.4. The molecule has 1 spiro atoms. The Morgan fingerprint density at radius 3 is 2.91 bits per heavy atom. The molecule has 9 nitrogen and oxygen atoms in total. The number of rotatable bonds is 6. The van der Waals surface area contributed by atoms with Crippen LogP contribution in [0.5, 0.6) is 6.01 Å². The van der Waals surface area contributed by atoms with Gasteiger partial charge in [0.25, 0.3) is 0 Å². The molecule has 1 unspecified atom stereocenters. The number of halogens is 1. The molecule has 7 rings (SSSR count). The van der Waals surface area contributed by atoms with Gasteiger partial charge in [-0.25, -0.2) is 11.0 Å². The Bertz CT molecular complexity index is 1490. The van der Waals surface area contributed by atoms with Crippen LogP contribution in [0.1, 0.15) is 54.5 Å². The van der Waals surface area contributed by atoms with E-state index in [0.29, 0.717) is 51.8 Å². The van der Waals surface area contributed by atoms with Crippen LogP contribution in [0, 0.1) is 6.57 Å². The number of anilines is 1. The van der Waals surface area contributed by atoms with Crippen molar-refractivity contribution in [3.05, 3.63) is 70.7 Å². The average molecular weight is 600 g/mol. The minimum atomic E-state index is -0.824. The molecule has 5 heterocycles. The molecule has 2 aromatic rings. The molecule has 5 aliphatic rings. The molecule has 44 heavy (non-hydrogen) atoms. The van der Waals surface area contributed by atoms with Gasteiger partial charge < -0.3 is 19.4 Å². The van der Waals surface area contributed by atoms with Gasteiger partial charge in [0.2, 0.25) is 12.5 Å². The Hall–Kier alpha value is -3.55. The van der Waals surface area contributed by atoms with Crippen molar-refractivity contribution in [1.29, 1.82) is 0 Å². The molecule has 3 fully saturated rings. The normalized spacial score (nSPS) is 30.0. The summed E-state index contributed by atoms with van der Waals surface area (Å²) in [6, 6.07) is 8.90. The van der Waals surface area contributed by atoms with E-state index in [0.717, 1.165) is 62.1 Å². The number of piperazine rings is 1. The first-order valence-corrected chi connectivity index (χ1v) is 16.1. The fourth-order valence-corrected chi connectivity index (χ4v) is 8.77. The summed E-state index contributed by atoms with van der Waals surface area (Å²) in [5.41, 5.74) is 4.44. The Labute approximate surface area is 259 Å². The minimum absolute atomic E-state index is 0.146. The highest BCUT2D eigenvalue weighted by molar-refractivity contribution is 5.87. The number of hydrogen-bond acceptors (Lipinski definition) is 7. The van der Waals surface area contributed by atoms with Crippen LogP contribution in [-0.4, -0.2) is 101 Å². The minimum Gasteiger partial charge on any atom is -0.461 e. The quantitative estimate of drug-likeness (QED) is 0.370. The number of fused-ring (bicyclic) bond motifs is 4. The summed E-state index contributed by atoms with van der Waals surface area (Å²) in [6.45, 7) is 15.5. The first-order chi connectivity index (χ1) is 21.4. The summed E-state index contributed by atoms with van der Waals surface area (Å²) in [5, 5.41) is 0. The van der Waals surface area contributed by atoms with E-state index in [2.05, 4.69) is 57.4 Å². The summed E-state index contributed by atoms with van der Waals surface area (Å²) in [7, 11) is 2.21. The Kier molecular flexibility index (Phi) is 7.58. The molecule has 1 aromatic carbocycles. The molecule has 1 aliphatic carbocycles. The molecule has 0 radical (unpaired) electrons. The number of ether oxygens (including phenoxy) is 1. The van der Waals surface area contributed by atoms with Crippen molar-refractivity contribution < 1.29 is 13.9 Å². The lowest BCUT2D eigenvalue weighted by Gasteiger charge is -2.50. The van der Waals surface area contributed by atoms with Crippen LogP contribution in [0.15, 0.2) is 36.9 Å². The van der Waals surface area contributed by atoms with E-state index >= 15 is 0 Å².